The van der Waals surface area contributed by atoms with Gasteiger partial charge in [0.2, 0.25) is 0 Å². The molecule has 0 amide bonds. The zero-order chi connectivity index (χ0) is 24.6. The summed E-state index contributed by atoms with van der Waals surface area (Å²) < 4.78 is 40.1. The van der Waals surface area contributed by atoms with Crippen LogP contribution in [0.2, 0.25) is 0 Å². The van der Waals surface area contributed by atoms with Crippen molar-refractivity contribution in [2.24, 2.45) is 7.05 Å². The third-order valence-electron chi connectivity index (χ3n) is 5.64. The molecule has 0 spiro atoms. The van der Waals surface area contributed by atoms with Crippen molar-refractivity contribution in [3.63, 3.8) is 0 Å². The Hall–Kier alpha value is -3.90. The maximum Gasteiger partial charge on any atom is 0.419 e. The SMILES string of the molecule is Cc1nc(Nc2ccc(NS(=O)(=O)c3ccc4oc(=O)n(C)c4c3)cc2)cc(N2CCOCC2)n1. The summed E-state index contributed by atoms with van der Waals surface area (Å²) in [5.74, 6) is 1.57. The number of rotatable bonds is 6. The van der Waals surface area contributed by atoms with Gasteiger partial charge in [0.15, 0.2) is 5.58 Å². The minimum atomic E-state index is -3.87. The predicted molar refractivity (Wildman–Crippen MR) is 132 cm³/mol. The molecule has 12 heteroatoms. The molecule has 2 aromatic carbocycles. The van der Waals surface area contributed by atoms with E-state index in [4.69, 9.17) is 9.15 Å². The van der Waals surface area contributed by atoms with E-state index in [2.05, 4.69) is 24.9 Å². The van der Waals surface area contributed by atoms with E-state index in [1.54, 1.807) is 24.3 Å². The van der Waals surface area contributed by atoms with Gasteiger partial charge < -0.3 is 19.4 Å². The number of nitrogens with zero attached hydrogens (tertiary/aromatic N) is 4. The summed E-state index contributed by atoms with van der Waals surface area (Å²) in [6.07, 6.45) is 0. The van der Waals surface area contributed by atoms with E-state index < -0.39 is 15.8 Å². The van der Waals surface area contributed by atoms with Crippen LogP contribution in [0.5, 0.6) is 0 Å². The lowest BCUT2D eigenvalue weighted by Gasteiger charge is -2.28. The fourth-order valence-corrected chi connectivity index (χ4v) is 4.91. The van der Waals surface area contributed by atoms with Gasteiger partial charge in [0.25, 0.3) is 10.0 Å². The van der Waals surface area contributed by atoms with Gasteiger partial charge in [-0.2, -0.15) is 0 Å². The van der Waals surface area contributed by atoms with Crippen LogP contribution in [0.1, 0.15) is 5.82 Å². The number of ether oxygens (including phenoxy) is 1. The lowest BCUT2D eigenvalue weighted by atomic mass is 10.3. The van der Waals surface area contributed by atoms with Crippen LogP contribution in [0.4, 0.5) is 23.0 Å². The third kappa shape index (κ3) is 4.84. The molecule has 35 heavy (non-hydrogen) atoms. The molecule has 11 nitrogen and oxygen atoms in total. The number of fused-ring (bicyclic) bond motifs is 1. The molecule has 1 aliphatic heterocycles. The molecule has 0 bridgehead atoms. The van der Waals surface area contributed by atoms with Gasteiger partial charge >= 0.3 is 5.76 Å². The first kappa shape index (κ1) is 22.9. The summed E-state index contributed by atoms with van der Waals surface area (Å²) >= 11 is 0. The van der Waals surface area contributed by atoms with Gasteiger partial charge in [0.05, 0.1) is 23.6 Å². The second-order valence-electron chi connectivity index (χ2n) is 8.12. The summed E-state index contributed by atoms with van der Waals surface area (Å²) in [4.78, 5) is 22.8. The van der Waals surface area contributed by atoms with Gasteiger partial charge in [-0.25, -0.2) is 23.2 Å². The molecule has 4 aromatic rings. The Labute approximate surface area is 201 Å². The molecule has 1 fully saturated rings. The van der Waals surface area contributed by atoms with Gasteiger partial charge in [-0.05, 0) is 49.4 Å². The van der Waals surface area contributed by atoms with E-state index in [1.165, 1.54) is 29.8 Å². The molecule has 0 unspecified atom stereocenters. The Morgan fingerprint density at radius 1 is 0.971 bits per heavy atom. The Bertz CT molecular complexity index is 1540. The van der Waals surface area contributed by atoms with Crippen LogP contribution in [0.15, 0.2) is 62.6 Å². The van der Waals surface area contributed by atoms with Crippen LogP contribution in [-0.4, -0.2) is 49.3 Å². The van der Waals surface area contributed by atoms with Crippen LogP contribution < -0.4 is 20.7 Å². The Morgan fingerprint density at radius 2 is 1.69 bits per heavy atom. The molecular weight excluding hydrogens is 472 g/mol. The van der Waals surface area contributed by atoms with Crippen molar-refractivity contribution in [1.29, 1.82) is 0 Å². The monoisotopic (exact) mass is 496 g/mol. The van der Waals surface area contributed by atoms with Gasteiger partial charge in [-0.1, -0.05) is 0 Å². The van der Waals surface area contributed by atoms with Crippen molar-refractivity contribution in [3.8, 4) is 0 Å². The zero-order valence-corrected chi connectivity index (χ0v) is 20.0. The van der Waals surface area contributed by atoms with Crippen molar-refractivity contribution in [1.82, 2.24) is 14.5 Å². The maximum atomic E-state index is 12.9. The molecule has 0 atom stereocenters. The van der Waals surface area contributed by atoms with Gasteiger partial charge in [-0.15, -0.1) is 0 Å². The summed E-state index contributed by atoms with van der Waals surface area (Å²) in [6.45, 7) is 4.71. The van der Waals surface area contributed by atoms with E-state index in [9.17, 15) is 13.2 Å². The van der Waals surface area contributed by atoms with Crippen molar-refractivity contribution < 1.29 is 17.6 Å². The first-order chi connectivity index (χ1) is 16.8. The zero-order valence-electron chi connectivity index (χ0n) is 19.2. The van der Waals surface area contributed by atoms with Crippen LogP contribution in [0.3, 0.4) is 0 Å². The lowest BCUT2D eigenvalue weighted by Crippen LogP contribution is -2.36. The fraction of sp³-hybridized carbons (Fsp3) is 0.261. The van der Waals surface area contributed by atoms with E-state index in [1.807, 2.05) is 13.0 Å². The number of anilines is 4. The highest BCUT2D eigenvalue weighted by Crippen LogP contribution is 2.24. The molecule has 5 rings (SSSR count). The summed E-state index contributed by atoms with van der Waals surface area (Å²) in [7, 11) is -2.35. The number of hydrogen-bond acceptors (Lipinski definition) is 9. The first-order valence-electron chi connectivity index (χ1n) is 11.0. The average Bonchev–Trinajstić information content (AvgIpc) is 3.13. The molecule has 1 aliphatic rings. The molecule has 3 heterocycles. The van der Waals surface area contributed by atoms with Crippen LogP contribution in [0, 0.1) is 6.92 Å². The van der Waals surface area contributed by atoms with Crippen LogP contribution in [-0.2, 0) is 21.8 Å². The number of morpholine rings is 1. The Kier molecular flexibility index (Phi) is 5.91. The molecule has 182 valence electrons. The summed E-state index contributed by atoms with van der Waals surface area (Å²) in [5.41, 5.74) is 1.86. The van der Waals surface area contributed by atoms with Crippen LogP contribution in [0.25, 0.3) is 11.1 Å². The Morgan fingerprint density at radius 3 is 2.43 bits per heavy atom. The third-order valence-corrected chi connectivity index (χ3v) is 7.02. The minimum Gasteiger partial charge on any atom is -0.408 e. The molecule has 0 radical (unpaired) electrons. The number of nitrogens with one attached hydrogen (secondary N) is 2. The highest BCUT2D eigenvalue weighted by Gasteiger charge is 2.18. The van der Waals surface area contributed by atoms with Gasteiger partial charge in [0, 0.05) is 37.6 Å². The molecule has 2 N–H and O–H groups in total. The molecule has 1 saturated heterocycles. The van der Waals surface area contributed by atoms with Crippen molar-refractivity contribution in [3.05, 3.63) is 64.9 Å². The smallest absolute Gasteiger partial charge is 0.408 e. The summed E-state index contributed by atoms with van der Waals surface area (Å²) in [5, 5.41) is 3.25. The number of aryl methyl sites for hydroxylation is 2. The number of hydrogen-bond donors (Lipinski definition) is 2. The first-order valence-corrected chi connectivity index (χ1v) is 12.4. The van der Waals surface area contributed by atoms with Crippen molar-refractivity contribution in [2.75, 3.05) is 41.2 Å². The van der Waals surface area contributed by atoms with E-state index in [0.29, 0.717) is 41.6 Å². The maximum absolute atomic E-state index is 12.9. The average molecular weight is 497 g/mol. The number of sulfonamides is 1. The molecule has 0 saturated carbocycles. The highest BCUT2D eigenvalue weighted by atomic mass is 32.2. The normalized spacial score (nSPS) is 14.3. The largest absolute Gasteiger partial charge is 0.419 e. The topological polar surface area (TPSA) is 132 Å². The highest BCUT2D eigenvalue weighted by molar-refractivity contribution is 7.92. The quantitative estimate of drug-likeness (QED) is 0.413. The van der Waals surface area contributed by atoms with Crippen molar-refractivity contribution >= 4 is 44.1 Å². The number of benzene rings is 2. The minimum absolute atomic E-state index is 0.0238. The number of oxazole rings is 1. The predicted octanol–water partition coefficient (Wildman–Crippen LogP) is 2.61. The fourth-order valence-electron chi connectivity index (χ4n) is 3.83. The van der Waals surface area contributed by atoms with E-state index in [0.717, 1.165) is 24.6 Å². The standard InChI is InChI=1S/C23H24N6O5S/c1-15-24-21(14-22(25-15)29-9-11-33-12-10-29)26-16-3-5-17(6-4-16)27-35(31,32)18-7-8-20-19(13-18)28(2)23(30)34-20/h3-8,13-14,27H,9-12H2,1-2H3,(H,24,25,26). The summed E-state index contributed by atoms with van der Waals surface area (Å²) in [6, 6.07) is 13.0. The second-order valence-corrected chi connectivity index (χ2v) is 9.80. The van der Waals surface area contributed by atoms with E-state index in [-0.39, 0.29) is 4.90 Å². The second kappa shape index (κ2) is 9.04. The van der Waals surface area contributed by atoms with E-state index >= 15 is 0 Å². The lowest BCUT2D eigenvalue weighted by molar-refractivity contribution is 0.122. The molecule has 0 aliphatic carbocycles. The van der Waals surface area contributed by atoms with Gasteiger partial charge in [-0.3, -0.25) is 9.29 Å². The Balaban J connectivity index is 1.31. The van der Waals surface area contributed by atoms with Gasteiger partial charge in [0.1, 0.15) is 17.5 Å². The number of aromatic nitrogens is 3. The van der Waals surface area contributed by atoms with Crippen LogP contribution >= 0.6 is 0 Å². The molecular formula is C23H24N6O5S. The van der Waals surface area contributed by atoms with Crippen molar-refractivity contribution in [2.45, 2.75) is 11.8 Å². The molecule has 2 aromatic heterocycles.